The Kier molecular flexibility index (Phi) is 6.21. The number of carbonyl (C=O) groups excluding carboxylic acids is 3. The van der Waals surface area contributed by atoms with Crippen LogP contribution in [0.25, 0.3) is 0 Å². The summed E-state index contributed by atoms with van der Waals surface area (Å²) in [5, 5.41) is 0. The van der Waals surface area contributed by atoms with Crippen LogP contribution in [0.4, 0.5) is 5.69 Å². The van der Waals surface area contributed by atoms with Gasteiger partial charge in [0.1, 0.15) is 11.8 Å². The maximum Gasteiger partial charge on any atom is 0.257 e. The van der Waals surface area contributed by atoms with Gasteiger partial charge in [0.05, 0.1) is 31.3 Å². The summed E-state index contributed by atoms with van der Waals surface area (Å²) in [6, 6.07) is 19.4. The van der Waals surface area contributed by atoms with Crippen molar-refractivity contribution in [2.75, 3.05) is 4.90 Å². The van der Waals surface area contributed by atoms with Gasteiger partial charge in [0.15, 0.2) is 0 Å². The van der Waals surface area contributed by atoms with Gasteiger partial charge in [-0.3, -0.25) is 14.4 Å². The molecule has 1 aliphatic heterocycles. The number of furan rings is 1. The minimum Gasteiger partial charge on any atom is -0.467 e. The van der Waals surface area contributed by atoms with Crippen molar-refractivity contribution in [2.45, 2.75) is 45.2 Å². The van der Waals surface area contributed by atoms with E-state index in [4.69, 9.17) is 4.42 Å². The Morgan fingerprint density at radius 1 is 1.03 bits per heavy atom. The van der Waals surface area contributed by atoms with Crippen LogP contribution in [0.5, 0.6) is 0 Å². The highest BCUT2D eigenvalue weighted by Gasteiger charge is 2.44. The molecule has 2 aromatic carbocycles. The monoisotopic (exact) mass is 430 g/mol. The fourth-order valence-corrected chi connectivity index (χ4v) is 3.95. The van der Waals surface area contributed by atoms with E-state index >= 15 is 0 Å². The van der Waals surface area contributed by atoms with Crippen LogP contribution in [-0.2, 0) is 27.3 Å². The lowest BCUT2D eigenvalue weighted by atomic mass is 10.0. The van der Waals surface area contributed by atoms with Gasteiger partial charge in [0, 0.05) is 0 Å². The van der Waals surface area contributed by atoms with Crippen LogP contribution in [0.1, 0.15) is 43.1 Å². The van der Waals surface area contributed by atoms with E-state index in [1.54, 1.807) is 24.3 Å². The number of rotatable bonds is 7. The van der Waals surface area contributed by atoms with Crippen LogP contribution in [0, 0.1) is 0 Å². The summed E-state index contributed by atoms with van der Waals surface area (Å²) in [7, 11) is 0. The molecule has 1 saturated heterocycles. The second-order valence-corrected chi connectivity index (χ2v) is 8.30. The highest BCUT2D eigenvalue weighted by atomic mass is 16.3. The second kappa shape index (κ2) is 9.22. The van der Waals surface area contributed by atoms with Gasteiger partial charge in [-0.05, 0) is 41.3 Å². The Labute approximate surface area is 187 Å². The molecule has 1 fully saturated rings. The Bertz CT molecular complexity index is 1090. The number of imide groups is 1. The molecule has 3 amide bonds. The number of carbonyl (C=O) groups is 3. The van der Waals surface area contributed by atoms with Crippen LogP contribution in [0.15, 0.2) is 77.4 Å². The molecule has 2 heterocycles. The van der Waals surface area contributed by atoms with E-state index in [2.05, 4.69) is 13.8 Å². The Morgan fingerprint density at radius 2 is 1.75 bits per heavy atom. The Hall–Kier alpha value is -3.67. The van der Waals surface area contributed by atoms with Gasteiger partial charge in [0.25, 0.3) is 5.91 Å². The first-order chi connectivity index (χ1) is 15.4. The number of hydrogen-bond donors (Lipinski definition) is 0. The maximum absolute atomic E-state index is 13.3. The highest BCUT2D eigenvalue weighted by molar-refractivity contribution is 6.23. The molecule has 0 spiro atoms. The molecule has 1 aromatic heterocycles. The first kappa shape index (κ1) is 21.6. The van der Waals surface area contributed by atoms with Crippen LogP contribution >= 0.6 is 0 Å². The second-order valence-electron chi connectivity index (χ2n) is 8.30. The third-order valence-corrected chi connectivity index (χ3v) is 5.74. The molecule has 1 atom stereocenters. The minimum absolute atomic E-state index is 0.0496. The van der Waals surface area contributed by atoms with Crippen molar-refractivity contribution in [2.24, 2.45) is 0 Å². The Morgan fingerprint density at radius 3 is 2.38 bits per heavy atom. The predicted molar refractivity (Wildman–Crippen MR) is 121 cm³/mol. The SMILES string of the molecule is CC(C)c1ccc(N2C(=O)CC(N(Cc3ccco3)C(=O)Cc3ccccc3)C2=O)cc1. The molecule has 1 unspecified atom stereocenters. The van der Waals surface area contributed by atoms with Crippen LogP contribution in [0.3, 0.4) is 0 Å². The third kappa shape index (κ3) is 4.49. The van der Waals surface area contributed by atoms with Crippen LogP contribution in [-0.4, -0.2) is 28.7 Å². The molecular weight excluding hydrogens is 404 g/mol. The van der Waals surface area contributed by atoms with E-state index in [-0.39, 0.29) is 37.1 Å². The zero-order valence-corrected chi connectivity index (χ0v) is 18.2. The topological polar surface area (TPSA) is 70.8 Å². The Balaban J connectivity index is 1.59. The molecule has 6 heteroatoms. The van der Waals surface area contributed by atoms with Crippen molar-refractivity contribution in [3.8, 4) is 0 Å². The van der Waals surface area contributed by atoms with Crippen molar-refractivity contribution in [3.63, 3.8) is 0 Å². The van der Waals surface area contributed by atoms with Gasteiger partial charge in [-0.25, -0.2) is 4.90 Å². The number of anilines is 1. The van der Waals surface area contributed by atoms with Crippen molar-refractivity contribution >= 4 is 23.4 Å². The van der Waals surface area contributed by atoms with Gasteiger partial charge in [-0.15, -0.1) is 0 Å². The summed E-state index contributed by atoms with van der Waals surface area (Å²) in [6.45, 7) is 4.30. The maximum atomic E-state index is 13.3. The van der Waals surface area contributed by atoms with Crippen molar-refractivity contribution in [1.82, 2.24) is 4.90 Å². The van der Waals surface area contributed by atoms with Gasteiger partial charge >= 0.3 is 0 Å². The normalized spacial score (nSPS) is 16.1. The third-order valence-electron chi connectivity index (χ3n) is 5.74. The number of amides is 3. The summed E-state index contributed by atoms with van der Waals surface area (Å²) in [5.74, 6) is -0.0159. The van der Waals surface area contributed by atoms with E-state index in [0.717, 1.165) is 11.1 Å². The summed E-state index contributed by atoms with van der Waals surface area (Å²) in [5.41, 5.74) is 2.50. The lowest BCUT2D eigenvalue weighted by Gasteiger charge is -2.27. The van der Waals surface area contributed by atoms with Gasteiger partial charge in [0.2, 0.25) is 11.8 Å². The standard InChI is InChI=1S/C26H26N2O4/c1-18(2)20-10-12-21(13-11-20)28-25(30)16-23(26(28)31)27(17-22-9-6-14-32-22)24(29)15-19-7-4-3-5-8-19/h3-14,18,23H,15-17H2,1-2H3. The highest BCUT2D eigenvalue weighted by Crippen LogP contribution is 2.28. The van der Waals surface area contributed by atoms with Gasteiger partial charge in [-0.1, -0.05) is 56.3 Å². The quantitative estimate of drug-likeness (QED) is 0.524. The molecule has 6 nitrogen and oxygen atoms in total. The smallest absolute Gasteiger partial charge is 0.257 e. The number of nitrogens with zero attached hydrogens (tertiary/aromatic N) is 2. The lowest BCUT2D eigenvalue weighted by Crippen LogP contribution is -2.45. The average molecular weight is 431 g/mol. The van der Waals surface area contributed by atoms with Gasteiger partial charge in [-0.2, -0.15) is 0 Å². The first-order valence-electron chi connectivity index (χ1n) is 10.8. The summed E-state index contributed by atoms with van der Waals surface area (Å²) in [4.78, 5) is 42.1. The average Bonchev–Trinajstić information content (AvgIpc) is 3.40. The van der Waals surface area contributed by atoms with E-state index in [9.17, 15) is 14.4 Å². The first-order valence-corrected chi connectivity index (χ1v) is 10.8. The number of benzene rings is 2. The summed E-state index contributed by atoms with van der Waals surface area (Å²) >= 11 is 0. The van der Waals surface area contributed by atoms with E-state index < -0.39 is 6.04 Å². The van der Waals surface area contributed by atoms with E-state index in [0.29, 0.717) is 17.4 Å². The van der Waals surface area contributed by atoms with E-state index in [1.165, 1.54) is 16.1 Å². The zero-order valence-electron chi connectivity index (χ0n) is 18.2. The molecule has 0 saturated carbocycles. The molecule has 0 aliphatic carbocycles. The minimum atomic E-state index is -0.867. The summed E-state index contributed by atoms with van der Waals surface area (Å²) in [6.07, 6.45) is 1.62. The van der Waals surface area contributed by atoms with Crippen LogP contribution < -0.4 is 4.90 Å². The van der Waals surface area contributed by atoms with Gasteiger partial charge < -0.3 is 9.32 Å². The lowest BCUT2D eigenvalue weighted by molar-refractivity contribution is -0.138. The van der Waals surface area contributed by atoms with Crippen molar-refractivity contribution in [1.29, 1.82) is 0 Å². The molecule has 1 aliphatic rings. The molecule has 0 N–H and O–H groups in total. The number of hydrogen-bond acceptors (Lipinski definition) is 4. The van der Waals surface area contributed by atoms with E-state index in [1.807, 2.05) is 42.5 Å². The molecule has 32 heavy (non-hydrogen) atoms. The van der Waals surface area contributed by atoms with Crippen molar-refractivity contribution < 1.29 is 18.8 Å². The molecule has 3 aromatic rings. The molecule has 0 radical (unpaired) electrons. The zero-order chi connectivity index (χ0) is 22.7. The van der Waals surface area contributed by atoms with Crippen molar-refractivity contribution in [3.05, 3.63) is 89.9 Å². The molecule has 164 valence electrons. The molecule has 4 rings (SSSR count). The fraction of sp³-hybridized carbons (Fsp3) is 0.269. The van der Waals surface area contributed by atoms with Crippen LogP contribution in [0.2, 0.25) is 0 Å². The molecule has 0 bridgehead atoms. The largest absolute Gasteiger partial charge is 0.467 e. The molecular formula is C26H26N2O4. The fourth-order valence-electron chi connectivity index (χ4n) is 3.95. The summed E-state index contributed by atoms with van der Waals surface area (Å²) < 4.78 is 5.43. The predicted octanol–water partition coefficient (Wildman–Crippen LogP) is 4.31.